The molecule has 2 atom stereocenters. The fourth-order valence-electron chi connectivity index (χ4n) is 4.65. The predicted octanol–water partition coefficient (Wildman–Crippen LogP) is -0.0623. The lowest BCUT2D eigenvalue weighted by atomic mass is 9.97. The molecule has 9 heteroatoms. The van der Waals surface area contributed by atoms with E-state index in [1.807, 2.05) is 18.2 Å². The van der Waals surface area contributed by atoms with Gasteiger partial charge in [0.1, 0.15) is 11.5 Å². The molecule has 162 valence electrons. The lowest BCUT2D eigenvalue weighted by molar-refractivity contribution is -0.137. The average Bonchev–Trinajstić information content (AvgIpc) is 3.37. The molecule has 1 unspecified atom stereocenters. The zero-order valence-corrected chi connectivity index (χ0v) is 17.6. The van der Waals surface area contributed by atoms with Gasteiger partial charge in [-0.2, -0.15) is 0 Å². The molecule has 2 aliphatic heterocycles. The minimum atomic E-state index is -1.75. The number of primary amides is 1. The van der Waals surface area contributed by atoms with Crippen LogP contribution in [0.1, 0.15) is 56.0 Å². The molecule has 0 radical (unpaired) electrons. The van der Waals surface area contributed by atoms with Crippen LogP contribution >= 0.6 is 0 Å². The Bertz CT molecular complexity index is 1310. The van der Waals surface area contributed by atoms with Gasteiger partial charge in [-0.05, 0) is 29.2 Å². The van der Waals surface area contributed by atoms with Crippen LogP contribution in [0.3, 0.4) is 0 Å². The average molecular weight is 431 g/mol. The number of nitrogens with two attached hydrogens (primary N) is 1. The van der Waals surface area contributed by atoms with Crippen LogP contribution in [-0.2, 0) is 11.2 Å². The second-order valence-corrected chi connectivity index (χ2v) is 8.27. The van der Waals surface area contributed by atoms with Gasteiger partial charge in [0.25, 0.3) is 17.7 Å². The molecule has 5 rings (SSSR count). The molecule has 1 aromatic heterocycles. The summed E-state index contributed by atoms with van der Waals surface area (Å²) in [6, 6.07) is 5.70. The maximum atomic E-state index is 12.7. The largest absolute Gasteiger partial charge is 0.369 e. The van der Waals surface area contributed by atoms with E-state index in [1.165, 1.54) is 11.9 Å². The fraction of sp³-hybridized carbons (Fsp3) is 0.304. The standard InChI is InChI=1S/C23H21N5O4/c1-25-21(30)19-18(20(24)29)26-17-11-13(5-6-23(32)7-8-27(2)22(23)31)14-4-3-12-9-15(14)16(10-12)28(17)19/h3-4,9,11,16,32H,7-8,10H2,1-2H3,(H2,24,29)(H,25,30)/t16?,23-/m0/s1. The Labute approximate surface area is 183 Å². The van der Waals surface area contributed by atoms with Crippen molar-refractivity contribution in [2.45, 2.75) is 24.5 Å². The zero-order chi connectivity index (χ0) is 22.8. The summed E-state index contributed by atoms with van der Waals surface area (Å²) in [4.78, 5) is 42.9. The van der Waals surface area contributed by atoms with Gasteiger partial charge in [-0.25, -0.2) is 4.98 Å². The number of fused-ring (bicyclic) bond motifs is 3. The van der Waals surface area contributed by atoms with Crippen molar-refractivity contribution in [3.05, 3.63) is 52.1 Å². The highest BCUT2D eigenvalue weighted by Gasteiger charge is 2.42. The van der Waals surface area contributed by atoms with Crippen molar-refractivity contribution in [1.29, 1.82) is 0 Å². The summed E-state index contributed by atoms with van der Waals surface area (Å²) in [6.45, 7) is 0.424. The molecule has 1 aliphatic carbocycles. The molecule has 3 heterocycles. The first-order chi connectivity index (χ1) is 15.2. The Morgan fingerprint density at radius 1 is 1.38 bits per heavy atom. The van der Waals surface area contributed by atoms with Crippen LogP contribution in [0, 0.1) is 11.8 Å². The van der Waals surface area contributed by atoms with Crippen molar-refractivity contribution >= 4 is 29.4 Å². The Morgan fingerprint density at radius 3 is 2.81 bits per heavy atom. The summed E-state index contributed by atoms with van der Waals surface area (Å²) in [7, 11) is 3.10. The number of carbonyl (C=O) groups excluding carboxylic acids is 3. The summed E-state index contributed by atoms with van der Waals surface area (Å²) in [5, 5.41) is 13.3. The van der Waals surface area contributed by atoms with Gasteiger partial charge < -0.3 is 25.6 Å². The highest BCUT2D eigenvalue weighted by atomic mass is 16.3. The monoisotopic (exact) mass is 431 g/mol. The van der Waals surface area contributed by atoms with Gasteiger partial charge in [-0.1, -0.05) is 30.0 Å². The van der Waals surface area contributed by atoms with Crippen molar-refractivity contribution in [2.75, 3.05) is 20.6 Å². The smallest absolute Gasteiger partial charge is 0.270 e. The van der Waals surface area contributed by atoms with E-state index < -0.39 is 23.3 Å². The van der Waals surface area contributed by atoms with Gasteiger partial charge in [-0.3, -0.25) is 14.4 Å². The minimum Gasteiger partial charge on any atom is -0.369 e. The highest BCUT2D eigenvalue weighted by Crippen LogP contribution is 2.41. The summed E-state index contributed by atoms with van der Waals surface area (Å²) in [6.07, 6.45) is 2.52. The Hall–Kier alpha value is -3.90. The van der Waals surface area contributed by atoms with Crippen LogP contribution in [0.4, 0.5) is 0 Å². The Morgan fingerprint density at radius 2 is 2.16 bits per heavy atom. The lowest BCUT2D eigenvalue weighted by Crippen LogP contribution is -2.37. The van der Waals surface area contributed by atoms with Crippen molar-refractivity contribution in [2.24, 2.45) is 5.73 Å². The lowest BCUT2D eigenvalue weighted by Gasteiger charge is -2.18. The number of amides is 3. The maximum Gasteiger partial charge on any atom is 0.270 e. The van der Waals surface area contributed by atoms with Crippen LogP contribution < -0.4 is 11.1 Å². The van der Waals surface area contributed by atoms with E-state index in [0.29, 0.717) is 24.4 Å². The molecule has 0 saturated carbocycles. The third kappa shape index (κ3) is 2.77. The number of nitrogens with zero attached hydrogens (tertiary/aromatic N) is 3. The van der Waals surface area contributed by atoms with E-state index in [-0.39, 0.29) is 23.9 Å². The van der Waals surface area contributed by atoms with Gasteiger partial charge in [0, 0.05) is 32.6 Å². The molecule has 1 aromatic carbocycles. The van der Waals surface area contributed by atoms with E-state index in [4.69, 9.17) is 5.73 Å². The number of aliphatic hydroxyl groups is 1. The van der Waals surface area contributed by atoms with Gasteiger partial charge in [0.2, 0.25) is 5.60 Å². The Kier molecular flexibility index (Phi) is 4.26. The molecule has 3 aliphatic rings. The van der Waals surface area contributed by atoms with E-state index in [9.17, 15) is 19.5 Å². The minimum absolute atomic E-state index is 0.102. The van der Waals surface area contributed by atoms with Crippen LogP contribution in [0.5, 0.6) is 0 Å². The number of hydrogen-bond acceptors (Lipinski definition) is 5. The van der Waals surface area contributed by atoms with Gasteiger partial charge >= 0.3 is 0 Å². The Balaban J connectivity index is 1.73. The molecular weight excluding hydrogens is 410 g/mol. The van der Waals surface area contributed by atoms with Gasteiger partial charge in [-0.15, -0.1) is 0 Å². The van der Waals surface area contributed by atoms with E-state index in [2.05, 4.69) is 22.1 Å². The number of carbonyl (C=O) groups is 3. The van der Waals surface area contributed by atoms with Crippen LogP contribution in [-0.4, -0.2) is 63.5 Å². The van der Waals surface area contributed by atoms with Gasteiger partial charge in [0.05, 0.1) is 6.04 Å². The molecule has 4 N–H and O–H groups in total. The molecule has 3 amide bonds. The first-order valence-corrected chi connectivity index (χ1v) is 10.2. The number of rotatable bonds is 2. The first-order valence-electron chi connectivity index (χ1n) is 10.2. The predicted molar refractivity (Wildman–Crippen MR) is 115 cm³/mol. The first kappa shape index (κ1) is 20.0. The van der Waals surface area contributed by atoms with Gasteiger partial charge in [0.15, 0.2) is 5.69 Å². The van der Waals surface area contributed by atoms with Crippen molar-refractivity contribution in [3.63, 3.8) is 0 Å². The summed E-state index contributed by atoms with van der Waals surface area (Å²) < 4.78 is 1.72. The molecule has 9 nitrogen and oxygen atoms in total. The van der Waals surface area contributed by atoms with Crippen molar-refractivity contribution in [1.82, 2.24) is 19.8 Å². The number of nitrogens with one attached hydrogen (secondary N) is 1. The normalized spacial score (nSPS) is 22.6. The van der Waals surface area contributed by atoms with E-state index >= 15 is 0 Å². The second kappa shape index (κ2) is 6.80. The molecule has 2 bridgehead atoms. The third-order valence-corrected chi connectivity index (χ3v) is 6.31. The SMILES string of the molecule is CNC(=O)c1c(C(N)=O)nc2n1C1Cc3ccc(c1c3)C(C#C[C@]1(O)CCN(C)C1=O)=C2. The number of benzene rings is 1. The number of allylic oxidation sites excluding steroid dienone is 1. The topological polar surface area (TPSA) is 131 Å². The number of imidazole rings is 1. The number of aromatic nitrogens is 2. The third-order valence-electron chi connectivity index (χ3n) is 6.31. The van der Waals surface area contributed by atoms with Crippen LogP contribution in [0.25, 0.3) is 11.6 Å². The zero-order valence-electron chi connectivity index (χ0n) is 17.6. The van der Waals surface area contributed by atoms with E-state index in [0.717, 1.165) is 16.7 Å². The molecular formula is C23H21N5O4. The molecule has 1 fully saturated rings. The maximum absolute atomic E-state index is 12.7. The van der Waals surface area contributed by atoms with Crippen LogP contribution in [0.2, 0.25) is 0 Å². The quantitative estimate of drug-likeness (QED) is 0.574. The molecule has 32 heavy (non-hydrogen) atoms. The second-order valence-electron chi connectivity index (χ2n) is 8.27. The molecule has 2 aromatic rings. The summed E-state index contributed by atoms with van der Waals surface area (Å²) >= 11 is 0. The fourth-order valence-corrected chi connectivity index (χ4v) is 4.65. The highest BCUT2D eigenvalue weighted by molar-refractivity contribution is 6.06. The molecule has 1 saturated heterocycles. The summed E-state index contributed by atoms with van der Waals surface area (Å²) in [5.74, 6) is 4.40. The van der Waals surface area contributed by atoms with Crippen molar-refractivity contribution in [3.8, 4) is 11.8 Å². The summed E-state index contributed by atoms with van der Waals surface area (Å²) in [5.41, 5.74) is 7.16. The number of hydrogen-bond donors (Lipinski definition) is 3. The number of likely N-dealkylation sites (tertiary alicyclic amines) is 1. The van der Waals surface area contributed by atoms with Crippen molar-refractivity contribution < 1.29 is 19.5 Å². The molecule has 0 spiro atoms. The van der Waals surface area contributed by atoms with Crippen LogP contribution in [0.15, 0.2) is 18.2 Å². The number of likely N-dealkylation sites (N-methyl/N-ethyl adjacent to an activating group) is 1. The van der Waals surface area contributed by atoms with E-state index in [1.54, 1.807) is 17.7 Å².